The minimum absolute atomic E-state index is 0.0124. The molecule has 3 aromatic rings. The van der Waals surface area contributed by atoms with Crippen LogP contribution in [0.15, 0.2) is 36.7 Å². The van der Waals surface area contributed by atoms with Gasteiger partial charge in [0.25, 0.3) is 5.91 Å². The Labute approximate surface area is 151 Å². The molecule has 2 amide bonds. The van der Waals surface area contributed by atoms with Crippen LogP contribution in [0.1, 0.15) is 21.7 Å². The Morgan fingerprint density at radius 1 is 1.12 bits per heavy atom. The predicted octanol–water partition coefficient (Wildman–Crippen LogP) is 1.73. The molecular weight excluding hydrogens is 330 g/mol. The normalized spacial score (nSPS) is 14.8. The lowest BCUT2D eigenvalue weighted by Gasteiger charge is -2.34. The van der Waals surface area contributed by atoms with E-state index in [1.165, 1.54) is 0 Å². The topological polar surface area (TPSA) is 85.1 Å². The maximum atomic E-state index is 12.6. The van der Waals surface area contributed by atoms with Gasteiger partial charge in [-0.3, -0.25) is 9.59 Å². The maximum Gasteiger partial charge on any atom is 0.255 e. The second-order valence-electron chi connectivity index (χ2n) is 6.62. The van der Waals surface area contributed by atoms with Crippen LogP contribution < -0.4 is 0 Å². The van der Waals surface area contributed by atoms with Gasteiger partial charge in [0.05, 0.1) is 23.0 Å². The number of hydrogen-bond donors (Lipinski definition) is 2. The second-order valence-corrected chi connectivity index (χ2v) is 6.62. The van der Waals surface area contributed by atoms with Crippen molar-refractivity contribution in [1.82, 2.24) is 24.8 Å². The van der Waals surface area contributed by atoms with Gasteiger partial charge in [-0.05, 0) is 30.7 Å². The van der Waals surface area contributed by atoms with Crippen molar-refractivity contribution in [3.63, 3.8) is 0 Å². The molecule has 0 aliphatic carbocycles. The molecule has 1 saturated heterocycles. The summed E-state index contributed by atoms with van der Waals surface area (Å²) in [5, 5.41) is 0. The number of benzene rings is 1. The lowest BCUT2D eigenvalue weighted by molar-refractivity contribution is -0.131. The highest BCUT2D eigenvalue weighted by Crippen LogP contribution is 2.15. The van der Waals surface area contributed by atoms with Crippen LogP contribution in [-0.2, 0) is 11.2 Å². The van der Waals surface area contributed by atoms with E-state index in [9.17, 15) is 9.59 Å². The molecule has 2 aromatic heterocycles. The van der Waals surface area contributed by atoms with E-state index in [4.69, 9.17) is 0 Å². The molecule has 7 heteroatoms. The Kier molecular flexibility index (Phi) is 4.20. The summed E-state index contributed by atoms with van der Waals surface area (Å²) in [6, 6.07) is 7.65. The Morgan fingerprint density at radius 2 is 1.88 bits per heavy atom. The first-order valence-electron chi connectivity index (χ1n) is 8.75. The first-order chi connectivity index (χ1) is 12.6. The van der Waals surface area contributed by atoms with Gasteiger partial charge in [0.1, 0.15) is 5.82 Å². The zero-order valence-corrected chi connectivity index (χ0v) is 14.7. The number of hydrogen-bond acceptors (Lipinski definition) is 3. The van der Waals surface area contributed by atoms with E-state index in [0.29, 0.717) is 38.2 Å². The Hall–Kier alpha value is -3.09. The SMILES string of the molecule is Cc1nc2ccc(CC(=O)N3CCN(C(=O)c4cc[nH]c4)CC3)cc2[nH]1. The fraction of sp³-hybridized carbons (Fsp3) is 0.316. The minimum atomic E-state index is 0.0124. The number of nitrogens with zero attached hydrogens (tertiary/aromatic N) is 3. The molecule has 0 atom stereocenters. The molecule has 134 valence electrons. The van der Waals surface area contributed by atoms with Gasteiger partial charge in [-0.2, -0.15) is 0 Å². The number of aromatic amines is 2. The number of carbonyl (C=O) groups is 2. The van der Waals surface area contributed by atoms with Crippen LogP contribution >= 0.6 is 0 Å². The Bertz CT molecular complexity index is 936. The summed E-state index contributed by atoms with van der Waals surface area (Å²) < 4.78 is 0. The molecule has 0 unspecified atom stereocenters. The van der Waals surface area contributed by atoms with Crippen LogP contribution in [-0.4, -0.2) is 62.7 Å². The van der Waals surface area contributed by atoms with Crippen LogP contribution in [0.3, 0.4) is 0 Å². The number of imidazole rings is 1. The molecule has 26 heavy (non-hydrogen) atoms. The first-order valence-corrected chi connectivity index (χ1v) is 8.75. The summed E-state index contributed by atoms with van der Waals surface area (Å²) in [4.78, 5) is 39.1. The summed E-state index contributed by atoms with van der Waals surface area (Å²) in [5.74, 6) is 0.972. The van der Waals surface area contributed by atoms with Crippen molar-refractivity contribution < 1.29 is 9.59 Å². The third kappa shape index (κ3) is 3.20. The van der Waals surface area contributed by atoms with Gasteiger partial charge < -0.3 is 19.8 Å². The van der Waals surface area contributed by atoms with Gasteiger partial charge in [-0.1, -0.05) is 6.07 Å². The standard InChI is InChI=1S/C19H21N5O2/c1-13-21-16-3-2-14(10-17(16)22-13)11-18(25)23-6-8-24(9-7-23)19(26)15-4-5-20-12-15/h2-5,10,12,20H,6-9,11H2,1H3,(H,21,22). The molecule has 1 aliphatic rings. The Morgan fingerprint density at radius 3 is 2.62 bits per heavy atom. The molecule has 0 spiro atoms. The number of aromatic nitrogens is 3. The van der Waals surface area contributed by atoms with Crippen LogP contribution in [0.5, 0.6) is 0 Å². The minimum Gasteiger partial charge on any atom is -0.367 e. The summed E-state index contributed by atoms with van der Waals surface area (Å²) >= 11 is 0. The van der Waals surface area contributed by atoms with Crippen molar-refractivity contribution in [1.29, 1.82) is 0 Å². The first kappa shape index (κ1) is 16.4. The molecule has 1 aromatic carbocycles. The lowest BCUT2D eigenvalue weighted by Crippen LogP contribution is -2.50. The van der Waals surface area contributed by atoms with Crippen molar-refractivity contribution in [2.24, 2.45) is 0 Å². The number of carbonyl (C=O) groups excluding carboxylic acids is 2. The van der Waals surface area contributed by atoms with Crippen molar-refractivity contribution in [3.8, 4) is 0 Å². The number of H-pyrrole nitrogens is 2. The molecular formula is C19H21N5O2. The monoisotopic (exact) mass is 351 g/mol. The van der Waals surface area contributed by atoms with Crippen molar-refractivity contribution in [2.75, 3.05) is 26.2 Å². The molecule has 1 fully saturated rings. The summed E-state index contributed by atoms with van der Waals surface area (Å²) in [7, 11) is 0. The zero-order valence-electron chi connectivity index (χ0n) is 14.7. The van der Waals surface area contributed by atoms with Gasteiger partial charge in [-0.25, -0.2) is 4.98 Å². The summed E-state index contributed by atoms with van der Waals surface area (Å²) in [5.41, 5.74) is 3.50. The number of piperazine rings is 1. The molecule has 3 heterocycles. The molecule has 0 radical (unpaired) electrons. The van der Waals surface area contributed by atoms with Crippen LogP contribution in [0.4, 0.5) is 0 Å². The zero-order chi connectivity index (χ0) is 18.1. The molecule has 2 N–H and O–H groups in total. The number of nitrogens with one attached hydrogen (secondary N) is 2. The van der Waals surface area contributed by atoms with E-state index in [1.807, 2.05) is 30.0 Å². The molecule has 7 nitrogen and oxygen atoms in total. The quantitative estimate of drug-likeness (QED) is 0.753. The van der Waals surface area contributed by atoms with Crippen molar-refractivity contribution in [2.45, 2.75) is 13.3 Å². The molecule has 4 rings (SSSR count). The smallest absolute Gasteiger partial charge is 0.255 e. The highest BCUT2D eigenvalue weighted by molar-refractivity contribution is 5.94. The number of fused-ring (bicyclic) bond motifs is 1. The summed E-state index contributed by atoms with van der Waals surface area (Å²) in [6.07, 6.45) is 3.80. The highest BCUT2D eigenvalue weighted by atomic mass is 16.2. The van der Waals surface area contributed by atoms with E-state index in [-0.39, 0.29) is 11.8 Å². The highest BCUT2D eigenvalue weighted by Gasteiger charge is 2.25. The van der Waals surface area contributed by atoms with Crippen LogP contribution in [0, 0.1) is 6.92 Å². The second kappa shape index (κ2) is 6.67. The van der Waals surface area contributed by atoms with E-state index in [1.54, 1.807) is 23.4 Å². The van der Waals surface area contributed by atoms with Gasteiger partial charge in [-0.15, -0.1) is 0 Å². The lowest BCUT2D eigenvalue weighted by atomic mass is 10.1. The maximum absolute atomic E-state index is 12.6. The molecule has 1 aliphatic heterocycles. The van der Waals surface area contributed by atoms with Crippen LogP contribution in [0.25, 0.3) is 11.0 Å². The largest absolute Gasteiger partial charge is 0.367 e. The van der Waals surface area contributed by atoms with E-state index < -0.39 is 0 Å². The Balaban J connectivity index is 1.36. The average molecular weight is 351 g/mol. The molecule has 0 bridgehead atoms. The average Bonchev–Trinajstić information content (AvgIpc) is 3.29. The fourth-order valence-corrected chi connectivity index (χ4v) is 3.38. The van der Waals surface area contributed by atoms with Gasteiger partial charge >= 0.3 is 0 Å². The number of amides is 2. The number of rotatable bonds is 3. The van der Waals surface area contributed by atoms with Crippen LogP contribution in [0.2, 0.25) is 0 Å². The van der Waals surface area contributed by atoms with E-state index in [0.717, 1.165) is 22.4 Å². The molecule has 0 saturated carbocycles. The third-order valence-electron chi connectivity index (χ3n) is 4.78. The van der Waals surface area contributed by atoms with E-state index in [2.05, 4.69) is 15.0 Å². The van der Waals surface area contributed by atoms with Crippen molar-refractivity contribution in [3.05, 3.63) is 53.6 Å². The summed E-state index contributed by atoms with van der Waals surface area (Å²) in [6.45, 7) is 4.18. The van der Waals surface area contributed by atoms with Crippen molar-refractivity contribution >= 4 is 22.8 Å². The van der Waals surface area contributed by atoms with Gasteiger partial charge in [0.2, 0.25) is 5.91 Å². The van der Waals surface area contributed by atoms with Gasteiger partial charge in [0.15, 0.2) is 0 Å². The third-order valence-corrected chi connectivity index (χ3v) is 4.78. The fourth-order valence-electron chi connectivity index (χ4n) is 3.38. The van der Waals surface area contributed by atoms with Gasteiger partial charge in [0, 0.05) is 38.6 Å². The number of aryl methyl sites for hydroxylation is 1. The van der Waals surface area contributed by atoms with E-state index >= 15 is 0 Å². The predicted molar refractivity (Wildman–Crippen MR) is 97.8 cm³/mol.